The highest BCUT2D eigenvalue weighted by molar-refractivity contribution is 5.94. The van der Waals surface area contributed by atoms with E-state index in [2.05, 4.69) is 0 Å². The molecule has 2 spiro atoms. The van der Waals surface area contributed by atoms with E-state index >= 15 is 0 Å². The Hall–Kier alpha value is -1.75. The molecule has 0 unspecified atom stereocenters. The van der Waals surface area contributed by atoms with Gasteiger partial charge in [-0.05, 0) is 24.7 Å². The zero-order valence-corrected chi connectivity index (χ0v) is 16.9. The maximum Gasteiger partial charge on any atom is 0.343 e. The molecule has 3 N–H and O–H groups in total. The molecule has 164 valence electrons. The summed E-state index contributed by atoms with van der Waals surface area (Å²) in [6.07, 6.45) is -6.91. The van der Waals surface area contributed by atoms with Crippen LogP contribution in [0.25, 0.3) is 0 Å². The van der Waals surface area contributed by atoms with Crippen molar-refractivity contribution in [2.24, 2.45) is 28.1 Å². The molecule has 4 heterocycles. The summed E-state index contributed by atoms with van der Waals surface area (Å²) < 4.78 is 22.5. The number of aliphatic hydroxyl groups excluding tert-OH is 2. The van der Waals surface area contributed by atoms with Gasteiger partial charge < -0.3 is 34.3 Å². The van der Waals surface area contributed by atoms with Gasteiger partial charge in [0.15, 0.2) is 17.8 Å². The van der Waals surface area contributed by atoms with Crippen LogP contribution in [0.4, 0.5) is 0 Å². The molecule has 6 aliphatic rings. The van der Waals surface area contributed by atoms with E-state index in [0.29, 0.717) is 0 Å². The Balaban J connectivity index is 1.72. The fourth-order valence-electron chi connectivity index (χ4n) is 8.12. The van der Waals surface area contributed by atoms with E-state index in [4.69, 9.17) is 18.9 Å². The van der Waals surface area contributed by atoms with Crippen molar-refractivity contribution < 1.29 is 48.7 Å². The van der Waals surface area contributed by atoms with E-state index in [9.17, 15) is 29.7 Å². The molecular formula is C20H24O10. The number of carbonyl (C=O) groups is 3. The zero-order valence-electron chi connectivity index (χ0n) is 16.9. The van der Waals surface area contributed by atoms with Crippen molar-refractivity contribution >= 4 is 17.9 Å². The van der Waals surface area contributed by atoms with E-state index < -0.39 is 87.9 Å². The molecule has 4 saturated heterocycles. The van der Waals surface area contributed by atoms with Gasteiger partial charge in [-0.3, -0.25) is 4.79 Å². The Morgan fingerprint density at radius 1 is 1.03 bits per heavy atom. The van der Waals surface area contributed by atoms with Crippen molar-refractivity contribution in [3.05, 3.63) is 0 Å². The molecule has 0 radical (unpaired) electrons. The van der Waals surface area contributed by atoms with Gasteiger partial charge in [0.2, 0.25) is 11.9 Å². The molecule has 10 heteroatoms. The topological polar surface area (TPSA) is 149 Å². The summed E-state index contributed by atoms with van der Waals surface area (Å²) >= 11 is 0. The minimum absolute atomic E-state index is 0.229. The van der Waals surface area contributed by atoms with Crippen molar-refractivity contribution in [1.82, 2.24) is 0 Å². The number of esters is 3. The summed E-state index contributed by atoms with van der Waals surface area (Å²) in [7, 11) is 0. The summed E-state index contributed by atoms with van der Waals surface area (Å²) in [5, 5.41) is 34.7. The number of hydrogen-bond acceptors (Lipinski definition) is 10. The molecule has 10 nitrogen and oxygen atoms in total. The van der Waals surface area contributed by atoms with E-state index in [1.807, 2.05) is 20.8 Å². The third-order valence-electron chi connectivity index (χ3n) is 9.00. The molecule has 0 bridgehead atoms. The van der Waals surface area contributed by atoms with Gasteiger partial charge in [-0.15, -0.1) is 0 Å². The van der Waals surface area contributed by atoms with Crippen LogP contribution in [-0.2, 0) is 33.3 Å². The lowest BCUT2D eigenvalue weighted by atomic mass is 9.51. The number of rotatable bonds is 0. The van der Waals surface area contributed by atoms with E-state index in [-0.39, 0.29) is 6.42 Å². The first-order valence-corrected chi connectivity index (χ1v) is 10.2. The van der Waals surface area contributed by atoms with E-state index in [1.165, 1.54) is 6.92 Å². The van der Waals surface area contributed by atoms with Crippen LogP contribution >= 0.6 is 0 Å². The molecule has 6 rings (SSSR count). The van der Waals surface area contributed by atoms with Crippen LogP contribution in [0.1, 0.15) is 34.1 Å². The first kappa shape index (κ1) is 19.0. The minimum Gasteiger partial charge on any atom is -0.459 e. The maximum absolute atomic E-state index is 13.4. The molecule has 30 heavy (non-hydrogen) atoms. The van der Waals surface area contributed by atoms with Gasteiger partial charge in [0.1, 0.15) is 12.2 Å². The summed E-state index contributed by atoms with van der Waals surface area (Å²) in [5.74, 6) is -4.32. The molecular weight excluding hydrogens is 400 g/mol. The van der Waals surface area contributed by atoms with Gasteiger partial charge in [0.05, 0.1) is 16.7 Å². The number of hydrogen-bond donors (Lipinski definition) is 3. The van der Waals surface area contributed by atoms with Gasteiger partial charge in [0.25, 0.3) is 0 Å². The normalized spacial score (nSPS) is 60.1. The largest absolute Gasteiger partial charge is 0.459 e. The quantitative estimate of drug-likeness (QED) is 0.314. The van der Waals surface area contributed by atoms with Crippen molar-refractivity contribution in [3.8, 4) is 0 Å². The Kier molecular flexibility index (Phi) is 2.97. The van der Waals surface area contributed by atoms with E-state index in [1.54, 1.807) is 0 Å². The number of carbonyl (C=O) groups excluding carboxylic acids is 3. The SMILES string of the molecule is C[C@@H]1C(=O)O[C@@H]2[C@H](O)[C@@]34[C@H]5C[C@@H](C(C)(C)C)[C@@]36[C@@H](OC(=O)[C@@H]6O)O[C@]4(C(=O)O5)[C@@]12O. The monoisotopic (exact) mass is 424 g/mol. The minimum atomic E-state index is -2.24. The fourth-order valence-corrected chi connectivity index (χ4v) is 8.12. The number of fused-ring (bicyclic) bond motifs is 1. The molecule has 0 amide bonds. The van der Waals surface area contributed by atoms with Crippen LogP contribution in [0.2, 0.25) is 0 Å². The van der Waals surface area contributed by atoms with Crippen molar-refractivity contribution in [2.45, 2.75) is 76.0 Å². The van der Waals surface area contributed by atoms with Crippen LogP contribution in [0.5, 0.6) is 0 Å². The van der Waals surface area contributed by atoms with Crippen LogP contribution < -0.4 is 0 Å². The molecule has 2 aliphatic carbocycles. The van der Waals surface area contributed by atoms with E-state index in [0.717, 1.165) is 0 Å². The lowest BCUT2D eigenvalue weighted by Crippen LogP contribution is -2.67. The van der Waals surface area contributed by atoms with Crippen LogP contribution in [0, 0.1) is 28.1 Å². The van der Waals surface area contributed by atoms with Gasteiger partial charge >= 0.3 is 17.9 Å². The first-order valence-electron chi connectivity index (χ1n) is 10.2. The lowest BCUT2D eigenvalue weighted by Gasteiger charge is -2.47. The molecule has 6 fully saturated rings. The maximum atomic E-state index is 13.4. The zero-order chi connectivity index (χ0) is 21.8. The van der Waals surface area contributed by atoms with Crippen LogP contribution in [0.15, 0.2) is 0 Å². The first-order chi connectivity index (χ1) is 13.8. The standard InChI is InChI=1S/C20H24O10/c1-6-12(23)28-11-9(21)18-8-5-7(16(2,3)4)17(18)10(22)13(24)29-15(17)30-20(18,14(25)27-8)19(6,11)26/h6-11,15,21-22,26H,5H2,1-4H3/t6-,7+,8-,9+,10+,11-,15+,17-,18+,19-,20+/m1/s1. The van der Waals surface area contributed by atoms with Crippen molar-refractivity contribution in [2.75, 3.05) is 0 Å². The second kappa shape index (κ2) is 4.69. The van der Waals surface area contributed by atoms with Crippen molar-refractivity contribution in [3.63, 3.8) is 0 Å². The highest BCUT2D eigenvalue weighted by Crippen LogP contribution is 2.84. The molecule has 0 aromatic rings. The van der Waals surface area contributed by atoms with Gasteiger partial charge in [-0.2, -0.15) is 0 Å². The second-order valence-electron chi connectivity index (χ2n) is 10.7. The van der Waals surface area contributed by atoms with Crippen molar-refractivity contribution in [1.29, 1.82) is 0 Å². The Bertz CT molecular complexity index is 925. The number of aliphatic hydroxyl groups is 3. The highest BCUT2D eigenvalue weighted by atomic mass is 16.8. The Morgan fingerprint density at radius 3 is 2.33 bits per heavy atom. The van der Waals surface area contributed by atoms with Crippen LogP contribution in [-0.4, -0.2) is 75.1 Å². The summed E-state index contributed by atoms with van der Waals surface area (Å²) in [4.78, 5) is 38.2. The highest BCUT2D eigenvalue weighted by Gasteiger charge is 3.03. The summed E-state index contributed by atoms with van der Waals surface area (Å²) in [6, 6.07) is 0. The second-order valence-corrected chi connectivity index (χ2v) is 10.7. The fraction of sp³-hybridized carbons (Fsp3) is 0.850. The predicted molar refractivity (Wildman–Crippen MR) is 92.0 cm³/mol. The third-order valence-corrected chi connectivity index (χ3v) is 9.00. The van der Waals surface area contributed by atoms with Gasteiger partial charge in [-0.1, -0.05) is 20.8 Å². The molecule has 2 saturated carbocycles. The number of ether oxygens (including phenoxy) is 4. The average molecular weight is 424 g/mol. The van der Waals surface area contributed by atoms with Gasteiger partial charge in [0, 0.05) is 0 Å². The van der Waals surface area contributed by atoms with Crippen LogP contribution in [0.3, 0.4) is 0 Å². The molecule has 0 aromatic carbocycles. The summed E-state index contributed by atoms with van der Waals surface area (Å²) in [5.41, 5.74) is -8.26. The lowest BCUT2D eigenvalue weighted by molar-refractivity contribution is -0.239. The average Bonchev–Trinajstić information content (AvgIpc) is 3.35. The summed E-state index contributed by atoms with van der Waals surface area (Å²) in [6.45, 7) is 7.14. The van der Waals surface area contributed by atoms with Gasteiger partial charge in [-0.25, -0.2) is 9.59 Å². The Morgan fingerprint density at radius 2 is 1.70 bits per heavy atom. The predicted octanol–water partition coefficient (Wildman–Crippen LogP) is -1.37. The Labute approximate surface area is 171 Å². The molecule has 4 aliphatic heterocycles. The smallest absolute Gasteiger partial charge is 0.343 e. The third kappa shape index (κ3) is 1.33. The molecule has 11 atom stereocenters. The molecule has 0 aromatic heterocycles.